The maximum atomic E-state index is 10.9. The van der Waals surface area contributed by atoms with Crippen LogP contribution in [0.15, 0.2) is 30.3 Å². The zero-order valence-electron chi connectivity index (χ0n) is 12.0. The van der Waals surface area contributed by atoms with Gasteiger partial charge in [0, 0.05) is 19.6 Å². The van der Waals surface area contributed by atoms with Gasteiger partial charge in [-0.15, -0.1) is 0 Å². The topological polar surface area (TPSA) is 60.8 Å². The first-order valence-electron chi connectivity index (χ1n) is 7.15. The molecule has 0 aliphatic heterocycles. The molecule has 0 saturated heterocycles. The number of rotatable bonds is 8. The van der Waals surface area contributed by atoms with Gasteiger partial charge in [0.1, 0.15) is 0 Å². The summed E-state index contributed by atoms with van der Waals surface area (Å²) in [5.41, 5.74) is 1.12. The number of nitrogens with zero attached hydrogens (tertiary/aromatic N) is 1. The number of benzene rings is 1. The van der Waals surface area contributed by atoms with E-state index in [-0.39, 0.29) is 11.8 Å². The summed E-state index contributed by atoms with van der Waals surface area (Å²) in [6.45, 7) is 3.86. The maximum absolute atomic E-state index is 10.9. The molecular weight excluding hydrogens is 254 g/mol. The van der Waals surface area contributed by atoms with E-state index in [0.29, 0.717) is 6.54 Å². The van der Waals surface area contributed by atoms with Crippen molar-refractivity contribution in [3.63, 3.8) is 0 Å². The summed E-state index contributed by atoms with van der Waals surface area (Å²) in [4.78, 5) is 13.1. The SMILES string of the molecule is CC(O)CN(Cc1ccccc1)CC1(CC(=O)O)CC1. The molecule has 0 spiro atoms. The molecule has 0 heterocycles. The van der Waals surface area contributed by atoms with Crippen molar-refractivity contribution >= 4 is 5.97 Å². The summed E-state index contributed by atoms with van der Waals surface area (Å²) < 4.78 is 0. The first kappa shape index (κ1) is 15.0. The fourth-order valence-electron chi connectivity index (χ4n) is 2.76. The molecule has 0 amide bonds. The Hall–Kier alpha value is -1.39. The highest BCUT2D eigenvalue weighted by Gasteiger charge is 2.45. The third-order valence-corrected chi connectivity index (χ3v) is 3.81. The molecule has 1 aliphatic rings. The fraction of sp³-hybridized carbons (Fsp3) is 0.562. The highest BCUT2D eigenvalue weighted by molar-refractivity contribution is 5.68. The summed E-state index contributed by atoms with van der Waals surface area (Å²) >= 11 is 0. The first-order chi connectivity index (χ1) is 9.49. The van der Waals surface area contributed by atoms with Crippen LogP contribution in [-0.2, 0) is 11.3 Å². The van der Waals surface area contributed by atoms with Crippen molar-refractivity contribution in [2.45, 2.75) is 38.8 Å². The van der Waals surface area contributed by atoms with E-state index in [2.05, 4.69) is 17.0 Å². The lowest BCUT2D eigenvalue weighted by molar-refractivity contribution is -0.138. The molecule has 1 atom stereocenters. The lowest BCUT2D eigenvalue weighted by Crippen LogP contribution is -2.36. The Bertz CT molecular complexity index is 440. The zero-order chi connectivity index (χ0) is 14.6. The Labute approximate surface area is 120 Å². The van der Waals surface area contributed by atoms with Crippen molar-refractivity contribution in [1.82, 2.24) is 4.90 Å². The average Bonchev–Trinajstić information content (AvgIpc) is 3.07. The van der Waals surface area contributed by atoms with Crippen LogP contribution in [0.1, 0.15) is 31.7 Å². The number of carboxylic acid groups (broad SMARTS) is 1. The van der Waals surface area contributed by atoms with Gasteiger partial charge in [0.2, 0.25) is 0 Å². The largest absolute Gasteiger partial charge is 0.481 e. The molecule has 1 aliphatic carbocycles. The third-order valence-electron chi connectivity index (χ3n) is 3.81. The van der Waals surface area contributed by atoms with Crippen LogP contribution in [0.5, 0.6) is 0 Å². The van der Waals surface area contributed by atoms with Crippen LogP contribution in [-0.4, -0.2) is 40.3 Å². The number of aliphatic hydroxyl groups excluding tert-OH is 1. The molecule has 0 radical (unpaired) electrons. The predicted molar refractivity (Wildman–Crippen MR) is 77.3 cm³/mol. The van der Waals surface area contributed by atoms with Crippen molar-refractivity contribution in [1.29, 1.82) is 0 Å². The van der Waals surface area contributed by atoms with Crippen molar-refractivity contribution in [2.75, 3.05) is 13.1 Å². The van der Waals surface area contributed by atoms with E-state index in [1.807, 2.05) is 18.2 Å². The van der Waals surface area contributed by atoms with E-state index in [1.54, 1.807) is 6.92 Å². The molecule has 0 aromatic heterocycles. The van der Waals surface area contributed by atoms with Gasteiger partial charge in [-0.1, -0.05) is 30.3 Å². The van der Waals surface area contributed by atoms with E-state index in [9.17, 15) is 9.90 Å². The molecule has 2 rings (SSSR count). The second-order valence-corrected chi connectivity index (χ2v) is 6.07. The highest BCUT2D eigenvalue weighted by Crippen LogP contribution is 2.49. The minimum absolute atomic E-state index is 0.0739. The maximum Gasteiger partial charge on any atom is 0.303 e. The molecule has 20 heavy (non-hydrogen) atoms. The van der Waals surface area contributed by atoms with Crippen molar-refractivity contribution in [2.24, 2.45) is 5.41 Å². The van der Waals surface area contributed by atoms with Crippen LogP contribution in [0, 0.1) is 5.41 Å². The van der Waals surface area contributed by atoms with Crippen LogP contribution >= 0.6 is 0 Å². The monoisotopic (exact) mass is 277 g/mol. The number of carbonyl (C=O) groups is 1. The van der Waals surface area contributed by atoms with E-state index in [0.717, 1.165) is 25.9 Å². The van der Waals surface area contributed by atoms with Gasteiger partial charge >= 0.3 is 5.97 Å². The number of hydrogen-bond donors (Lipinski definition) is 2. The van der Waals surface area contributed by atoms with Gasteiger partial charge in [0.05, 0.1) is 12.5 Å². The molecule has 1 aromatic rings. The predicted octanol–water partition coefficient (Wildman–Crippen LogP) is 2.12. The lowest BCUT2D eigenvalue weighted by Gasteiger charge is -2.28. The fourth-order valence-corrected chi connectivity index (χ4v) is 2.76. The first-order valence-corrected chi connectivity index (χ1v) is 7.15. The summed E-state index contributed by atoms with van der Waals surface area (Å²) in [6, 6.07) is 10.1. The molecule has 2 N–H and O–H groups in total. The number of carboxylic acids is 1. The van der Waals surface area contributed by atoms with Gasteiger partial charge in [0.25, 0.3) is 0 Å². The molecule has 0 bridgehead atoms. The summed E-state index contributed by atoms with van der Waals surface area (Å²) in [5.74, 6) is -0.723. The minimum Gasteiger partial charge on any atom is -0.481 e. The minimum atomic E-state index is -0.723. The zero-order valence-corrected chi connectivity index (χ0v) is 12.0. The third kappa shape index (κ3) is 4.62. The number of hydrogen-bond acceptors (Lipinski definition) is 3. The van der Waals surface area contributed by atoms with E-state index < -0.39 is 12.1 Å². The van der Waals surface area contributed by atoms with Crippen molar-refractivity contribution < 1.29 is 15.0 Å². The lowest BCUT2D eigenvalue weighted by atomic mass is 10.0. The Morgan fingerprint density at radius 3 is 2.50 bits per heavy atom. The molecule has 1 saturated carbocycles. The Kier molecular flexibility index (Phi) is 4.78. The molecule has 1 unspecified atom stereocenters. The van der Waals surface area contributed by atoms with Crippen LogP contribution in [0.3, 0.4) is 0 Å². The quantitative estimate of drug-likeness (QED) is 0.764. The van der Waals surface area contributed by atoms with E-state index >= 15 is 0 Å². The van der Waals surface area contributed by atoms with Gasteiger partial charge in [-0.2, -0.15) is 0 Å². The van der Waals surface area contributed by atoms with E-state index in [4.69, 9.17) is 5.11 Å². The standard InChI is InChI=1S/C16H23NO3/c1-13(18)10-17(11-14-5-3-2-4-6-14)12-16(7-8-16)9-15(19)20/h2-6,13,18H,7-12H2,1H3,(H,19,20). The molecule has 1 fully saturated rings. The number of aliphatic hydroxyl groups is 1. The number of aliphatic carboxylic acids is 1. The van der Waals surface area contributed by atoms with Crippen molar-refractivity contribution in [3.8, 4) is 0 Å². The Morgan fingerprint density at radius 2 is 2.00 bits per heavy atom. The molecule has 1 aromatic carbocycles. The normalized spacial score (nSPS) is 17.9. The smallest absolute Gasteiger partial charge is 0.303 e. The van der Waals surface area contributed by atoms with Crippen LogP contribution in [0.4, 0.5) is 0 Å². The summed E-state index contributed by atoms with van der Waals surface area (Å²) in [5, 5.41) is 18.6. The van der Waals surface area contributed by atoms with Gasteiger partial charge in [-0.05, 0) is 30.7 Å². The summed E-state index contributed by atoms with van der Waals surface area (Å²) in [7, 11) is 0. The average molecular weight is 277 g/mol. The highest BCUT2D eigenvalue weighted by atomic mass is 16.4. The molecule has 110 valence electrons. The summed E-state index contributed by atoms with van der Waals surface area (Å²) in [6.07, 6.45) is 1.78. The molecule has 4 nitrogen and oxygen atoms in total. The van der Waals surface area contributed by atoms with Crippen LogP contribution in [0.25, 0.3) is 0 Å². The van der Waals surface area contributed by atoms with Gasteiger partial charge in [0.15, 0.2) is 0 Å². The Balaban J connectivity index is 1.99. The van der Waals surface area contributed by atoms with Crippen LogP contribution < -0.4 is 0 Å². The second-order valence-electron chi connectivity index (χ2n) is 6.07. The molecular formula is C16H23NO3. The van der Waals surface area contributed by atoms with Gasteiger partial charge in [-0.25, -0.2) is 0 Å². The second kappa shape index (κ2) is 6.37. The van der Waals surface area contributed by atoms with Gasteiger partial charge in [-0.3, -0.25) is 9.69 Å². The Morgan fingerprint density at radius 1 is 1.35 bits per heavy atom. The molecule has 4 heteroatoms. The van der Waals surface area contributed by atoms with Crippen LogP contribution in [0.2, 0.25) is 0 Å². The van der Waals surface area contributed by atoms with E-state index in [1.165, 1.54) is 5.56 Å². The van der Waals surface area contributed by atoms with Gasteiger partial charge < -0.3 is 10.2 Å². The van der Waals surface area contributed by atoms with Crippen molar-refractivity contribution in [3.05, 3.63) is 35.9 Å².